The van der Waals surface area contributed by atoms with Crippen LogP contribution in [0.5, 0.6) is 0 Å². The van der Waals surface area contributed by atoms with Gasteiger partial charge >= 0.3 is 0 Å². The molecule has 1 aliphatic heterocycles. The molecule has 0 bridgehead atoms. The van der Waals surface area contributed by atoms with Gasteiger partial charge in [0.2, 0.25) is 0 Å². The van der Waals surface area contributed by atoms with Crippen LogP contribution in [0.1, 0.15) is 32.9 Å². The van der Waals surface area contributed by atoms with E-state index in [-0.39, 0.29) is 5.91 Å². The van der Waals surface area contributed by atoms with Crippen molar-refractivity contribution in [2.75, 3.05) is 6.54 Å². The molecular weight excluding hydrogens is 360 g/mol. The third-order valence-electron chi connectivity index (χ3n) is 5.10. The highest BCUT2D eigenvalue weighted by molar-refractivity contribution is 6.30. The number of aryl methyl sites for hydroxylation is 1. The van der Waals surface area contributed by atoms with Gasteiger partial charge in [0, 0.05) is 28.9 Å². The molecular formula is C21H17ClN4O. The number of carbonyl (C=O) groups excluding carboxylic acids is 1. The molecule has 2 aromatic heterocycles. The lowest BCUT2D eigenvalue weighted by Gasteiger charge is -2.17. The van der Waals surface area contributed by atoms with E-state index in [1.165, 1.54) is 5.56 Å². The Morgan fingerprint density at radius 3 is 2.85 bits per heavy atom. The van der Waals surface area contributed by atoms with Crippen LogP contribution in [-0.2, 0) is 19.4 Å². The van der Waals surface area contributed by atoms with Crippen molar-refractivity contribution in [1.82, 2.24) is 20.1 Å². The van der Waals surface area contributed by atoms with Crippen molar-refractivity contribution in [3.05, 3.63) is 69.6 Å². The van der Waals surface area contributed by atoms with Crippen LogP contribution in [0.4, 0.5) is 0 Å². The molecule has 3 heterocycles. The van der Waals surface area contributed by atoms with Gasteiger partial charge in [0.05, 0.1) is 17.9 Å². The summed E-state index contributed by atoms with van der Waals surface area (Å²) in [4.78, 5) is 16.8. The van der Waals surface area contributed by atoms with Crippen LogP contribution in [0.25, 0.3) is 23.4 Å². The van der Waals surface area contributed by atoms with E-state index in [2.05, 4.69) is 16.4 Å². The van der Waals surface area contributed by atoms with Crippen LogP contribution < -0.4 is 5.32 Å². The van der Waals surface area contributed by atoms with E-state index in [9.17, 15) is 4.79 Å². The number of fused-ring (bicyclic) bond motifs is 5. The van der Waals surface area contributed by atoms with Crippen molar-refractivity contribution in [1.29, 1.82) is 0 Å². The number of aromatic nitrogens is 3. The summed E-state index contributed by atoms with van der Waals surface area (Å²) < 4.78 is 1.85. The van der Waals surface area contributed by atoms with Gasteiger partial charge in [-0.15, -0.1) is 0 Å². The first-order valence-corrected chi connectivity index (χ1v) is 9.38. The van der Waals surface area contributed by atoms with Gasteiger partial charge in [-0.2, -0.15) is 5.10 Å². The highest BCUT2D eigenvalue weighted by Crippen LogP contribution is 2.35. The van der Waals surface area contributed by atoms with Crippen molar-refractivity contribution in [3.63, 3.8) is 0 Å². The van der Waals surface area contributed by atoms with E-state index in [1.807, 2.05) is 47.3 Å². The third kappa shape index (κ3) is 2.84. The van der Waals surface area contributed by atoms with Crippen LogP contribution in [0.2, 0.25) is 5.02 Å². The number of benzene rings is 1. The van der Waals surface area contributed by atoms with Gasteiger partial charge in [-0.3, -0.25) is 14.5 Å². The van der Waals surface area contributed by atoms with E-state index in [1.54, 1.807) is 0 Å². The summed E-state index contributed by atoms with van der Waals surface area (Å²) >= 11 is 5.94. The summed E-state index contributed by atoms with van der Waals surface area (Å²) in [5.41, 5.74) is 6.89. The number of carbonyl (C=O) groups is 1. The van der Waals surface area contributed by atoms with Crippen LogP contribution in [0.15, 0.2) is 36.5 Å². The number of amides is 1. The molecule has 0 saturated heterocycles. The van der Waals surface area contributed by atoms with Crippen molar-refractivity contribution >= 4 is 29.7 Å². The molecule has 0 radical (unpaired) electrons. The summed E-state index contributed by atoms with van der Waals surface area (Å²) in [5.74, 6) is -0.0182. The Bertz CT molecular complexity index is 1080. The molecule has 134 valence electrons. The summed E-state index contributed by atoms with van der Waals surface area (Å²) in [6.07, 6.45) is 7.63. The minimum atomic E-state index is -0.0182. The molecule has 1 N–H and O–H groups in total. The predicted octanol–water partition coefficient (Wildman–Crippen LogP) is 3.61. The first kappa shape index (κ1) is 16.3. The van der Waals surface area contributed by atoms with Crippen LogP contribution >= 0.6 is 11.6 Å². The van der Waals surface area contributed by atoms with E-state index in [0.717, 1.165) is 58.2 Å². The largest absolute Gasteiger partial charge is 0.349 e. The first-order valence-electron chi connectivity index (χ1n) is 9.00. The van der Waals surface area contributed by atoms with Gasteiger partial charge in [-0.1, -0.05) is 29.8 Å². The van der Waals surface area contributed by atoms with Gasteiger partial charge in [-0.05, 0) is 48.2 Å². The summed E-state index contributed by atoms with van der Waals surface area (Å²) in [5, 5.41) is 8.38. The highest BCUT2D eigenvalue weighted by atomic mass is 35.5. The summed E-state index contributed by atoms with van der Waals surface area (Å²) in [6, 6.07) is 9.74. The fourth-order valence-corrected chi connectivity index (χ4v) is 3.88. The maximum absolute atomic E-state index is 12.3. The van der Waals surface area contributed by atoms with Crippen molar-refractivity contribution in [2.45, 2.75) is 19.4 Å². The van der Waals surface area contributed by atoms with Gasteiger partial charge in [0.15, 0.2) is 0 Å². The van der Waals surface area contributed by atoms with Crippen LogP contribution in [0.3, 0.4) is 0 Å². The Kier molecular flexibility index (Phi) is 3.83. The number of nitrogens with zero attached hydrogens (tertiary/aromatic N) is 3. The lowest BCUT2D eigenvalue weighted by Crippen LogP contribution is -2.36. The molecule has 1 aliphatic carbocycles. The highest BCUT2D eigenvalue weighted by Gasteiger charge is 2.30. The molecule has 27 heavy (non-hydrogen) atoms. The van der Waals surface area contributed by atoms with E-state index < -0.39 is 0 Å². The standard InChI is InChI=1S/C21H17ClN4O/c22-15-5-1-13(2-6-15)3-7-16-11-18-14(12-24-16)4-8-17-19(18)25-26-10-9-23-21(27)20(17)26/h1-3,5-7,11-12H,4,8-10H2,(H,23,27). The fraction of sp³-hybridized carbons (Fsp3) is 0.190. The number of halogens is 1. The zero-order chi connectivity index (χ0) is 18.4. The maximum atomic E-state index is 12.3. The smallest absolute Gasteiger partial charge is 0.269 e. The topological polar surface area (TPSA) is 59.8 Å². The first-order chi connectivity index (χ1) is 13.2. The van der Waals surface area contributed by atoms with Gasteiger partial charge in [-0.25, -0.2) is 0 Å². The molecule has 3 aromatic rings. The van der Waals surface area contributed by atoms with E-state index in [4.69, 9.17) is 16.7 Å². The molecule has 0 spiro atoms. The Balaban J connectivity index is 1.53. The maximum Gasteiger partial charge on any atom is 0.269 e. The number of nitrogens with one attached hydrogen (secondary N) is 1. The van der Waals surface area contributed by atoms with Crippen molar-refractivity contribution < 1.29 is 4.79 Å². The molecule has 0 atom stereocenters. The molecule has 5 rings (SSSR count). The van der Waals surface area contributed by atoms with E-state index >= 15 is 0 Å². The normalized spacial score (nSPS) is 15.2. The molecule has 0 saturated carbocycles. The average Bonchev–Trinajstić information content (AvgIpc) is 3.08. The molecule has 5 nitrogen and oxygen atoms in total. The van der Waals surface area contributed by atoms with Crippen molar-refractivity contribution in [2.24, 2.45) is 0 Å². The van der Waals surface area contributed by atoms with E-state index in [0.29, 0.717) is 6.54 Å². The number of hydrogen-bond donors (Lipinski definition) is 1. The summed E-state index contributed by atoms with van der Waals surface area (Å²) in [7, 11) is 0. The number of hydrogen-bond acceptors (Lipinski definition) is 3. The van der Waals surface area contributed by atoms with Crippen LogP contribution in [0, 0.1) is 0 Å². The van der Waals surface area contributed by atoms with Gasteiger partial charge < -0.3 is 5.32 Å². The van der Waals surface area contributed by atoms with Gasteiger partial charge in [0.25, 0.3) is 5.91 Å². The number of pyridine rings is 1. The molecule has 0 fully saturated rings. The molecule has 2 aliphatic rings. The molecule has 0 unspecified atom stereocenters. The third-order valence-corrected chi connectivity index (χ3v) is 5.35. The van der Waals surface area contributed by atoms with Crippen molar-refractivity contribution in [3.8, 4) is 11.3 Å². The van der Waals surface area contributed by atoms with Crippen LogP contribution in [-0.4, -0.2) is 27.2 Å². The average molecular weight is 377 g/mol. The monoisotopic (exact) mass is 376 g/mol. The Morgan fingerprint density at radius 1 is 1.15 bits per heavy atom. The molecule has 1 amide bonds. The molecule has 1 aromatic carbocycles. The lowest BCUT2D eigenvalue weighted by atomic mass is 9.89. The quantitative estimate of drug-likeness (QED) is 0.743. The second-order valence-corrected chi connectivity index (χ2v) is 7.24. The SMILES string of the molecule is O=C1NCCn2nc3c(c21)CCc1cnc(C=Cc2ccc(Cl)cc2)cc1-3. The zero-order valence-electron chi connectivity index (χ0n) is 14.6. The number of rotatable bonds is 2. The Labute approximate surface area is 161 Å². The Morgan fingerprint density at radius 2 is 2.00 bits per heavy atom. The fourth-order valence-electron chi connectivity index (χ4n) is 3.75. The second kappa shape index (κ2) is 6.35. The lowest BCUT2D eigenvalue weighted by molar-refractivity contribution is 0.0923. The molecule has 6 heteroatoms. The van der Waals surface area contributed by atoms with Gasteiger partial charge in [0.1, 0.15) is 5.69 Å². The minimum Gasteiger partial charge on any atom is -0.349 e. The minimum absolute atomic E-state index is 0.0182. The zero-order valence-corrected chi connectivity index (χ0v) is 15.3. The summed E-state index contributed by atoms with van der Waals surface area (Å²) in [6.45, 7) is 1.35. The second-order valence-electron chi connectivity index (χ2n) is 6.81. The predicted molar refractivity (Wildman–Crippen MR) is 106 cm³/mol. The Hall–Kier alpha value is -2.92.